The maximum absolute atomic E-state index is 13.5. The second-order valence-electron chi connectivity index (χ2n) is 10.7. The molecule has 2 bridgehead atoms. The number of amides is 2. The van der Waals surface area contributed by atoms with Gasteiger partial charge in [0.05, 0.1) is 5.02 Å². The van der Waals surface area contributed by atoms with Gasteiger partial charge in [0.2, 0.25) is 0 Å². The molecule has 1 heterocycles. The number of hydrogen-bond acceptors (Lipinski definition) is 5. The number of halogens is 2. The maximum atomic E-state index is 13.5. The summed E-state index contributed by atoms with van der Waals surface area (Å²) in [5.74, 6) is -0.471. The first-order valence-electron chi connectivity index (χ1n) is 12.5. The summed E-state index contributed by atoms with van der Waals surface area (Å²) in [5.41, 5.74) is -0.468. The second kappa shape index (κ2) is 9.28. The van der Waals surface area contributed by atoms with Crippen molar-refractivity contribution in [1.82, 2.24) is 20.4 Å². The van der Waals surface area contributed by atoms with E-state index in [0.717, 1.165) is 32.4 Å². The summed E-state index contributed by atoms with van der Waals surface area (Å²) in [5, 5.41) is 6.38. The molecule has 0 aromatic heterocycles. The summed E-state index contributed by atoms with van der Waals surface area (Å²) in [6.45, 7) is 1.67. The van der Waals surface area contributed by atoms with Crippen LogP contribution < -0.4 is 15.4 Å². The summed E-state index contributed by atoms with van der Waals surface area (Å²) in [6, 6.07) is 4.59. The molecule has 5 fully saturated rings. The molecule has 0 radical (unpaired) electrons. The molecule has 1 aromatic rings. The summed E-state index contributed by atoms with van der Waals surface area (Å²) < 4.78 is 18.9. The minimum absolute atomic E-state index is 0.0131. The van der Waals surface area contributed by atoms with Crippen molar-refractivity contribution in [2.45, 2.75) is 81.1 Å². The van der Waals surface area contributed by atoms with Crippen molar-refractivity contribution >= 4 is 23.4 Å². The van der Waals surface area contributed by atoms with Crippen LogP contribution in [-0.2, 0) is 9.59 Å². The Hall–Kier alpha value is -1.90. The Morgan fingerprint density at radius 1 is 1.09 bits per heavy atom. The number of carbonyl (C=O) groups is 2. The van der Waals surface area contributed by atoms with Crippen molar-refractivity contribution in [1.29, 1.82) is 0 Å². The molecule has 1 aliphatic heterocycles. The molecule has 6 rings (SSSR count). The van der Waals surface area contributed by atoms with Gasteiger partial charge in [0.1, 0.15) is 17.7 Å². The lowest BCUT2D eigenvalue weighted by Crippen LogP contribution is -2.84. The molecular weight excluding hydrogens is 459 g/mol. The fourth-order valence-corrected chi connectivity index (χ4v) is 6.64. The van der Waals surface area contributed by atoms with E-state index in [1.807, 2.05) is 7.05 Å². The van der Waals surface area contributed by atoms with E-state index < -0.39 is 5.82 Å². The third-order valence-corrected chi connectivity index (χ3v) is 8.36. The fourth-order valence-electron chi connectivity index (χ4n) is 6.52. The van der Waals surface area contributed by atoms with Gasteiger partial charge in [-0.3, -0.25) is 19.4 Å². The predicted octanol–water partition coefficient (Wildman–Crippen LogP) is 3.06. The van der Waals surface area contributed by atoms with Crippen LogP contribution in [-0.4, -0.2) is 71.6 Å². The van der Waals surface area contributed by atoms with E-state index in [0.29, 0.717) is 6.04 Å². The quantitative estimate of drug-likeness (QED) is 0.572. The van der Waals surface area contributed by atoms with Crippen molar-refractivity contribution in [3.05, 3.63) is 29.0 Å². The summed E-state index contributed by atoms with van der Waals surface area (Å²) in [6.07, 6.45) is 9.50. The van der Waals surface area contributed by atoms with Crippen molar-refractivity contribution in [2.24, 2.45) is 0 Å². The molecule has 5 aliphatic rings. The number of carbonyl (C=O) groups excluding carboxylic acids is 2. The molecule has 7 nitrogen and oxygen atoms in total. The number of nitrogens with one attached hydrogen (secondary N) is 2. The third kappa shape index (κ3) is 4.64. The highest BCUT2D eigenvalue weighted by Crippen LogP contribution is 2.60. The molecule has 34 heavy (non-hydrogen) atoms. The van der Waals surface area contributed by atoms with Crippen molar-refractivity contribution < 1.29 is 18.7 Å². The average molecular weight is 493 g/mol. The van der Waals surface area contributed by atoms with Crippen LogP contribution in [0.2, 0.25) is 5.02 Å². The second-order valence-corrected chi connectivity index (χ2v) is 11.1. The van der Waals surface area contributed by atoms with Crippen LogP contribution in [0.1, 0.15) is 57.8 Å². The SMILES string of the molecule is CN1CCN(C2CCCCCC2)C1C(=O)NC12CC(NC(=O)COc3ccc(Cl)c(F)c3)(C1)C2. The van der Waals surface area contributed by atoms with Gasteiger partial charge in [-0.2, -0.15) is 0 Å². The van der Waals surface area contributed by atoms with Gasteiger partial charge in [-0.15, -0.1) is 0 Å². The smallest absolute Gasteiger partial charge is 0.258 e. The van der Waals surface area contributed by atoms with Gasteiger partial charge >= 0.3 is 0 Å². The number of likely N-dealkylation sites (N-methyl/N-ethyl adjacent to an activating group) is 1. The van der Waals surface area contributed by atoms with Crippen LogP contribution in [0.3, 0.4) is 0 Å². The lowest BCUT2D eigenvalue weighted by molar-refractivity contribution is -0.155. The van der Waals surface area contributed by atoms with Gasteiger partial charge in [0, 0.05) is 36.3 Å². The highest BCUT2D eigenvalue weighted by atomic mass is 35.5. The Labute approximate surface area is 205 Å². The molecule has 1 unspecified atom stereocenters. The Kier molecular flexibility index (Phi) is 6.50. The van der Waals surface area contributed by atoms with Gasteiger partial charge in [-0.25, -0.2) is 4.39 Å². The summed E-state index contributed by atoms with van der Waals surface area (Å²) in [4.78, 5) is 30.3. The van der Waals surface area contributed by atoms with Crippen LogP contribution in [0.25, 0.3) is 0 Å². The number of benzene rings is 1. The van der Waals surface area contributed by atoms with E-state index >= 15 is 0 Å². The molecule has 2 amide bonds. The summed E-state index contributed by atoms with van der Waals surface area (Å²) >= 11 is 5.67. The van der Waals surface area contributed by atoms with Crippen molar-refractivity contribution in [3.8, 4) is 5.75 Å². The molecular formula is C25H34ClFN4O3. The van der Waals surface area contributed by atoms with E-state index in [9.17, 15) is 14.0 Å². The van der Waals surface area contributed by atoms with E-state index in [1.165, 1.54) is 56.7 Å². The first kappa shape index (κ1) is 23.8. The number of ether oxygens (including phenoxy) is 1. The molecule has 1 atom stereocenters. The van der Waals surface area contributed by atoms with Crippen LogP contribution in [0.4, 0.5) is 4.39 Å². The molecule has 0 spiro atoms. The fraction of sp³-hybridized carbons (Fsp3) is 0.680. The standard InChI is InChI=1S/C25H34ClFN4O3/c1-30-10-11-31(17-6-4-2-3-5-7-17)23(30)22(33)29-25-14-24(15-25,16-25)28-21(32)13-34-18-8-9-19(26)20(27)12-18/h8-9,12,17,23H,2-7,10-11,13-16H2,1H3,(H,28,32)(H,29,33). The first-order chi connectivity index (χ1) is 16.3. The molecule has 2 N–H and O–H groups in total. The minimum Gasteiger partial charge on any atom is -0.484 e. The molecule has 9 heteroatoms. The molecule has 4 saturated carbocycles. The van der Waals surface area contributed by atoms with Gasteiger partial charge < -0.3 is 15.4 Å². The highest BCUT2D eigenvalue weighted by Gasteiger charge is 2.69. The number of rotatable bonds is 7. The molecule has 1 aromatic carbocycles. The minimum atomic E-state index is -0.581. The van der Waals surface area contributed by atoms with Crippen LogP contribution in [0, 0.1) is 5.82 Å². The number of hydrogen-bond donors (Lipinski definition) is 2. The van der Waals surface area contributed by atoms with Crippen LogP contribution in [0.5, 0.6) is 5.75 Å². The average Bonchev–Trinajstić information content (AvgIpc) is 2.95. The zero-order valence-electron chi connectivity index (χ0n) is 19.7. The Morgan fingerprint density at radius 2 is 1.76 bits per heavy atom. The Bertz CT molecular complexity index is 932. The van der Waals surface area contributed by atoms with Crippen LogP contribution >= 0.6 is 11.6 Å². The van der Waals surface area contributed by atoms with E-state index in [1.54, 1.807) is 0 Å². The lowest BCUT2D eigenvalue weighted by Gasteiger charge is -2.70. The number of nitrogens with zero attached hydrogens (tertiary/aromatic N) is 2. The predicted molar refractivity (Wildman–Crippen MR) is 127 cm³/mol. The highest BCUT2D eigenvalue weighted by molar-refractivity contribution is 6.30. The summed E-state index contributed by atoms with van der Waals surface area (Å²) in [7, 11) is 2.04. The third-order valence-electron chi connectivity index (χ3n) is 8.06. The topological polar surface area (TPSA) is 73.9 Å². The van der Waals surface area contributed by atoms with E-state index in [-0.39, 0.29) is 46.4 Å². The van der Waals surface area contributed by atoms with Gasteiger partial charge in [-0.1, -0.05) is 37.3 Å². The van der Waals surface area contributed by atoms with Gasteiger partial charge in [0.25, 0.3) is 11.8 Å². The van der Waals surface area contributed by atoms with E-state index in [2.05, 4.69) is 20.4 Å². The normalized spacial score (nSPS) is 31.8. The largest absolute Gasteiger partial charge is 0.484 e. The zero-order valence-corrected chi connectivity index (χ0v) is 20.5. The van der Waals surface area contributed by atoms with Crippen molar-refractivity contribution in [3.63, 3.8) is 0 Å². The Balaban J connectivity index is 1.10. The molecule has 4 aliphatic carbocycles. The van der Waals surface area contributed by atoms with E-state index in [4.69, 9.17) is 16.3 Å². The first-order valence-corrected chi connectivity index (χ1v) is 12.8. The van der Waals surface area contributed by atoms with Crippen molar-refractivity contribution in [2.75, 3.05) is 26.7 Å². The molecule has 1 saturated heterocycles. The van der Waals surface area contributed by atoms with Gasteiger partial charge in [0.15, 0.2) is 6.61 Å². The Morgan fingerprint density at radius 3 is 2.44 bits per heavy atom. The maximum Gasteiger partial charge on any atom is 0.258 e. The van der Waals surface area contributed by atoms with Gasteiger partial charge in [-0.05, 0) is 51.3 Å². The zero-order chi connectivity index (χ0) is 23.9. The van der Waals surface area contributed by atoms with Crippen LogP contribution in [0.15, 0.2) is 18.2 Å². The molecule has 186 valence electrons. The monoisotopic (exact) mass is 492 g/mol. The lowest BCUT2D eigenvalue weighted by atomic mass is 9.44.